The van der Waals surface area contributed by atoms with Crippen molar-refractivity contribution < 1.29 is 24.2 Å². The van der Waals surface area contributed by atoms with Gasteiger partial charge in [0.1, 0.15) is 4.88 Å². The van der Waals surface area contributed by atoms with E-state index in [-0.39, 0.29) is 10.4 Å². The van der Waals surface area contributed by atoms with Crippen molar-refractivity contribution in [2.75, 3.05) is 7.11 Å². The topological polar surface area (TPSA) is 80.7 Å². The van der Waals surface area contributed by atoms with Gasteiger partial charge >= 0.3 is 11.9 Å². The lowest BCUT2D eigenvalue weighted by molar-refractivity contribution is -0.131. The molecule has 0 bridgehead atoms. The summed E-state index contributed by atoms with van der Waals surface area (Å²) in [5, 5.41) is 9.90. The van der Waals surface area contributed by atoms with Crippen LogP contribution in [-0.4, -0.2) is 29.9 Å². The standard InChI is InChI=1S/C8H6O5S/c1-13-8(12)6-4(2-3-14-6)5(9)7(10)11/h2-3H,1H3,(H,10,11). The highest BCUT2D eigenvalue weighted by Gasteiger charge is 2.23. The number of aliphatic carboxylic acids is 1. The minimum atomic E-state index is -1.59. The Balaban J connectivity index is 3.10. The average molecular weight is 214 g/mol. The molecule has 1 rings (SSSR count). The highest BCUT2D eigenvalue weighted by molar-refractivity contribution is 7.12. The van der Waals surface area contributed by atoms with Crippen LogP contribution in [0, 0.1) is 0 Å². The Labute approximate surface area is 82.9 Å². The molecule has 1 heterocycles. The number of methoxy groups -OCH3 is 1. The highest BCUT2D eigenvalue weighted by atomic mass is 32.1. The fourth-order valence-corrected chi connectivity index (χ4v) is 1.66. The van der Waals surface area contributed by atoms with Gasteiger partial charge < -0.3 is 9.84 Å². The van der Waals surface area contributed by atoms with Crippen molar-refractivity contribution in [2.24, 2.45) is 0 Å². The zero-order valence-electron chi connectivity index (χ0n) is 7.14. The molecule has 0 radical (unpaired) electrons. The summed E-state index contributed by atoms with van der Waals surface area (Å²) in [5.41, 5.74) is -0.130. The van der Waals surface area contributed by atoms with E-state index in [1.165, 1.54) is 11.4 Å². The number of thiophene rings is 1. The van der Waals surface area contributed by atoms with Crippen LogP contribution in [-0.2, 0) is 9.53 Å². The van der Waals surface area contributed by atoms with Crippen LogP contribution in [0.1, 0.15) is 20.0 Å². The lowest BCUT2D eigenvalue weighted by Crippen LogP contribution is -2.15. The number of ketones is 1. The van der Waals surface area contributed by atoms with Gasteiger partial charge in [-0.15, -0.1) is 11.3 Å². The Bertz CT molecular complexity index is 392. The molecule has 0 aliphatic carbocycles. The zero-order chi connectivity index (χ0) is 10.7. The smallest absolute Gasteiger partial charge is 0.377 e. The van der Waals surface area contributed by atoms with Gasteiger partial charge in [0, 0.05) is 0 Å². The molecule has 5 nitrogen and oxygen atoms in total. The molecule has 0 spiro atoms. The normalized spacial score (nSPS) is 9.50. The van der Waals surface area contributed by atoms with Gasteiger partial charge in [-0.1, -0.05) is 0 Å². The van der Waals surface area contributed by atoms with Crippen LogP contribution in [0.25, 0.3) is 0 Å². The Morgan fingerprint density at radius 2 is 2.07 bits per heavy atom. The van der Waals surface area contributed by atoms with E-state index in [0.29, 0.717) is 0 Å². The maximum absolute atomic E-state index is 11.1. The quantitative estimate of drug-likeness (QED) is 0.457. The summed E-state index contributed by atoms with van der Waals surface area (Å²) in [6.45, 7) is 0. The van der Waals surface area contributed by atoms with Crippen LogP contribution in [0.5, 0.6) is 0 Å². The molecule has 0 amide bonds. The first kappa shape index (κ1) is 10.4. The number of hydrogen-bond acceptors (Lipinski definition) is 5. The van der Waals surface area contributed by atoms with Gasteiger partial charge in [-0.25, -0.2) is 9.59 Å². The average Bonchev–Trinajstić information content (AvgIpc) is 2.63. The van der Waals surface area contributed by atoms with Crippen molar-refractivity contribution in [1.29, 1.82) is 0 Å². The first-order valence-corrected chi connectivity index (χ1v) is 4.39. The molecule has 0 atom stereocenters. The SMILES string of the molecule is COC(=O)c1sccc1C(=O)C(=O)O. The maximum Gasteiger partial charge on any atom is 0.377 e. The second kappa shape index (κ2) is 4.01. The van der Waals surface area contributed by atoms with Crippen molar-refractivity contribution in [2.45, 2.75) is 0 Å². The number of ether oxygens (including phenoxy) is 1. The Kier molecular flexibility index (Phi) is 2.98. The third-order valence-corrected chi connectivity index (χ3v) is 2.37. The summed E-state index contributed by atoms with van der Waals surface area (Å²) in [7, 11) is 1.16. The molecule has 1 N–H and O–H groups in total. The van der Waals surface area contributed by atoms with Gasteiger partial charge in [0.2, 0.25) is 0 Å². The highest BCUT2D eigenvalue weighted by Crippen LogP contribution is 2.18. The van der Waals surface area contributed by atoms with E-state index in [2.05, 4.69) is 4.74 Å². The van der Waals surface area contributed by atoms with Crippen LogP contribution in [0.2, 0.25) is 0 Å². The van der Waals surface area contributed by atoms with Crippen LogP contribution in [0.3, 0.4) is 0 Å². The minimum absolute atomic E-state index is 0.0138. The summed E-state index contributed by atoms with van der Waals surface area (Å²) in [6, 6.07) is 1.29. The van der Waals surface area contributed by atoms with Crippen LogP contribution in [0.15, 0.2) is 11.4 Å². The number of carboxylic acids is 1. The van der Waals surface area contributed by atoms with Crippen molar-refractivity contribution >= 4 is 29.1 Å². The third kappa shape index (κ3) is 1.80. The van der Waals surface area contributed by atoms with E-state index in [1.807, 2.05) is 0 Å². The largest absolute Gasteiger partial charge is 0.475 e. The fourth-order valence-electron chi connectivity index (χ4n) is 0.854. The Hall–Kier alpha value is -1.69. The maximum atomic E-state index is 11.1. The molecule has 0 aliphatic heterocycles. The molecule has 0 saturated heterocycles. The number of carbonyl (C=O) groups excluding carboxylic acids is 2. The molecule has 74 valence electrons. The fraction of sp³-hybridized carbons (Fsp3) is 0.125. The predicted molar refractivity (Wildman–Crippen MR) is 47.6 cm³/mol. The molecule has 0 unspecified atom stereocenters. The molecule has 1 aromatic heterocycles. The molecule has 0 fully saturated rings. The monoisotopic (exact) mass is 214 g/mol. The summed E-state index contributed by atoms with van der Waals surface area (Å²) in [6.07, 6.45) is 0. The number of hydrogen-bond donors (Lipinski definition) is 1. The van der Waals surface area contributed by atoms with Crippen LogP contribution < -0.4 is 0 Å². The van der Waals surface area contributed by atoms with Gasteiger partial charge in [0.15, 0.2) is 0 Å². The number of Topliss-reactive ketones (excluding diaryl/α,β-unsaturated/α-hetero) is 1. The lowest BCUT2D eigenvalue weighted by Gasteiger charge is -1.97. The zero-order valence-corrected chi connectivity index (χ0v) is 7.96. The van der Waals surface area contributed by atoms with Gasteiger partial charge in [0.25, 0.3) is 5.78 Å². The van der Waals surface area contributed by atoms with Gasteiger partial charge in [-0.3, -0.25) is 4.79 Å². The minimum Gasteiger partial charge on any atom is -0.475 e. The molecular weight excluding hydrogens is 208 g/mol. The first-order valence-electron chi connectivity index (χ1n) is 3.51. The van der Waals surface area contributed by atoms with Gasteiger partial charge in [-0.05, 0) is 11.4 Å². The third-order valence-electron chi connectivity index (χ3n) is 1.47. The predicted octanol–water partition coefficient (Wildman–Crippen LogP) is 0.802. The molecule has 0 saturated carbocycles. The second-order valence-corrected chi connectivity index (χ2v) is 3.21. The molecule has 1 aromatic rings. The van der Waals surface area contributed by atoms with Crippen molar-refractivity contribution in [3.8, 4) is 0 Å². The van der Waals surface area contributed by atoms with E-state index in [9.17, 15) is 14.4 Å². The lowest BCUT2D eigenvalue weighted by atomic mass is 10.2. The van der Waals surface area contributed by atoms with Crippen LogP contribution >= 0.6 is 11.3 Å². The van der Waals surface area contributed by atoms with E-state index < -0.39 is 17.7 Å². The number of rotatable bonds is 3. The summed E-state index contributed by atoms with van der Waals surface area (Å²) in [4.78, 5) is 32.5. The number of carboxylic acid groups (broad SMARTS) is 1. The number of carbonyl (C=O) groups is 3. The van der Waals surface area contributed by atoms with Crippen LogP contribution in [0.4, 0.5) is 0 Å². The summed E-state index contributed by atoms with van der Waals surface area (Å²) < 4.78 is 4.39. The van der Waals surface area contributed by atoms with E-state index in [0.717, 1.165) is 18.4 Å². The van der Waals surface area contributed by atoms with Gasteiger partial charge in [-0.2, -0.15) is 0 Å². The second-order valence-electron chi connectivity index (χ2n) is 2.29. The molecule has 0 aliphatic rings. The Morgan fingerprint density at radius 1 is 1.43 bits per heavy atom. The molecule has 0 aromatic carbocycles. The number of esters is 1. The van der Waals surface area contributed by atoms with E-state index >= 15 is 0 Å². The molecule has 14 heavy (non-hydrogen) atoms. The summed E-state index contributed by atoms with van der Waals surface area (Å²) in [5.74, 6) is -3.40. The van der Waals surface area contributed by atoms with Crippen molar-refractivity contribution in [3.63, 3.8) is 0 Å². The summed E-state index contributed by atoms with van der Waals surface area (Å²) >= 11 is 0.969. The van der Waals surface area contributed by atoms with Gasteiger partial charge in [0.05, 0.1) is 12.7 Å². The Morgan fingerprint density at radius 3 is 2.57 bits per heavy atom. The molecule has 6 heteroatoms. The van der Waals surface area contributed by atoms with Crippen molar-refractivity contribution in [1.82, 2.24) is 0 Å². The first-order chi connectivity index (χ1) is 6.57. The van der Waals surface area contributed by atoms with E-state index in [4.69, 9.17) is 5.11 Å². The van der Waals surface area contributed by atoms with Crippen molar-refractivity contribution in [3.05, 3.63) is 21.9 Å². The molecular formula is C8H6O5S. The van der Waals surface area contributed by atoms with E-state index in [1.54, 1.807) is 0 Å².